The lowest BCUT2D eigenvalue weighted by Gasteiger charge is -2.12. The molecule has 0 fully saturated rings. The molecule has 0 aliphatic carbocycles. The highest BCUT2D eigenvalue weighted by Crippen LogP contribution is 2.23. The zero-order chi connectivity index (χ0) is 20.3. The van der Waals surface area contributed by atoms with Gasteiger partial charge < -0.3 is 4.74 Å². The van der Waals surface area contributed by atoms with Crippen molar-refractivity contribution in [2.45, 2.75) is 26.5 Å². The van der Waals surface area contributed by atoms with Gasteiger partial charge in [0.05, 0.1) is 12.2 Å². The van der Waals surface area contributed by atoms with E-state index in [0.29, 0.717) is 12.2 Å². The number of carbonyl (C=O) groups excluding carboxylic acids is 2. The van der Waals surface area contributed by atoms with Gasteiger partial charge in [-0.3, -0.25) is 4.79 Å². The first-order valence-corrected chi connectivity index (χ1v) is 9.02. The minimum Gasteiger partial charge on any atom is -0.451 e. The molecule has 1 heterocycles. The normalized spacial score (nSPS) is 11.9. The fourth-order valence-corrected chi connectivity index (χ4v) is 3.08. The Labute approximate surface area is 166 Å². The lowest BCUT2D eigenvalue weighted by atomic mass is 10.1. The first kappa shape index (κ1) is 19.8. The molecule has 144 valence electrons. The van der Waals surface area contributed by atoms with Crippen LogP contribution >= 0.6 is 11.6 Å². The van der Waals surface area contributed by atoms with Gasteiger partial charge in [0.15, 0.2) is 6.10 Å². The van der Waals surface area contributed by atoms with Crippen LogP contribution in [0.15, 0.2) is 54.6 Å². The van der Waals surface area contributed by atoms with E-state index in [0.717, 1.165) is 5.56 Å². The van der Waals surface area contributed by atoms with Crippen LogP contribution in [-0.2, 0) is 11.3 Å². The number of hydrogen-bond donors (Lipinski definition) is 0. The number of nitrogens with zero attached hydrogens (tertiary/aromatic N) is 2. The summed E-state index contributed by atoms with van der Waals surface area (Å²) in [5, 5.41) is 4.45. The van der Waals surface area contributed by atoms with Crippen LogP contribution in [0.25, 0.3) is 0 Å². The summed E-state index contributed by atoms with van der Waals surface area (Å²) in [6.45, 7) is 3.51. The summed E-state index contributed by atoms with van der Waals surface area (Å²) in [5.74, 6) is -1.61. The first-order chi connectivity index (χ1) is 13.4. The number of aryl methyl sites for hydroxylation is 1. The predicted molar refractivity (Wildman–Crippen MR) is 103 cm³/mol. The zero-order valence-corrected chi connectivity index (χ0v) is 16.1. The molecular weight excluding hydrogens is 383 g/mol. The fraction of sp³-hybridized carbons (Fsp3) is 0.190. The third kappa shape index (κ3) is 4.28. The van der Waals surface area contributed by atoms with Crippen LogP contribution in [-0.4, -0.2) is 27.6 Å². The number of Topliss-reactive ketones (excluding diaryl/α,β-unsaturated/α-hetero) is 1. The van der Waals surface area contributed by atoms with Crippen molar-refractivity contribution in [1.29, 1.82) is 0 Å². The van der Waals surface area contributed by atoms with Crippen LogP contribution in [0.4, 0.5) is 4.39 Å². The number of benzene rings is 2. The molecule has 0 saturated carbocycles. The van der Waals surface area contributed by atoms with Gasteiger partial charge in [0.2, 0.25) is 5.78 Å². The molecule has 1 aromatic heterocycles. The van der Waals surface area contributed by atoms with Gasteiger partial charge in [0.1, 0.15) is 16.5 Å². The topological polar surface area (TPSA) is 61.2 Å². The van der Waals surface area contributed by atoms with Crippen molar-refractivity contribution in [3.63, 3.8) is 0 Å². The largest absolute Gasteiger partial charge is 0.451 e. The lowest BCUT2D eigenvalue weighted by Crippen LogP contribution is -2.24. The molecule has 0 N–H and O–H groups in total. The summed E-state index contributed by atoms with van der Waals surface area (Å²) < 4.78 is 19.8. The van der Waals surface area contributed by atoms with Crippen LogP contribution in [0.5, 0.6) is 0 Å². The predicted octanol–water partition coefficient (Wildman–Crippen LogP) is 4.46. The maximum absolute atomic E-state index is 13.0. The third-order valence-corrected chi connectivity index (χ3v) is 4.61. The monoisotopic (exact) mass is 400 g/mol. The lowest BCUT2D eigenvalue weighted by molar-refractivity contribution is 0.0318. The number of esters is 1. The number of rotatable bonds is 6. The number of aromatic nitrogens is 2. The van der Waals surface area contributed by atoms with Crippen LogP contribution in [0.2, 0.25) is 5.15 Å². The van der Waals surface area contributed by atoms with Crippen LogP contribution in [0, 0.1) is 12.7 Å². The van der Waals surface area contributed by atoms with Crippen molar-refractivity contribution in [2.24, 2.45) is 0 Å². The average Bonchev–Trinajstić information content (AvgIpc) is 2.95. The Balaban J connectivity index is 1.75. The van der Waals surface area contributed by atoms with Gasteiger partial charge in [-0.2, -0.15) is 5.10 Å². The summed E-state index contributed by atoms with van der Waals surface area (Å²) in [6.07, 6.45) is -1.05. The highest BCUT2D eigenvalue weighted by Gasteiger charge is 2.26. The molecule has 3 rings (SSSR count). The van der Waals surface area contributed by atoms with Crippen molar-refractivity contribution in [2.75, 3.05) is 0 Å². The van der Waals surface area contributed by atoms with Crippen LogP contribution in [0.1, 0.15) is 38.9 Å². The number of carbonyl (C=O) groups is 2. The summed E-state index contributed by atoms with van der Waals surface area (Å²) in [4.78, 5) is 25.0. The maximum Gasteiger partial charge on any atom is 0.343 e. The van der Waals surface area contributed by atoms with E-state index in [9.17, 15) is 14.0 Å². The van der Waals surface area contributed by atoms with Gasteiger partial charge in [-0.15, -0.1) is 0 Å². The van der Waals surface area contributed by atoms with E-state index in [1.807, 2.05) is 30.3 Å². The van der Waals surface area contributed by atoms with E-state index in [1.54, 1.807) is 6.92 Å². The van der Waals surface area contributed by atoms with Gasteiger partial charge in [-0.1, -0.05) is 41.9 Å². The highest BCUT2D eigenvalue weighted by molar-refractivity contribution is 6.32. The number of halogens is 2. The van der Waals surface area contributed by atoms with Gasteiger partial charge >= 0.3 is 5.97 Å². The quantitative estimate of drug-likeness (QED) is 0.452. The van der Waals surface area contributed by atoms with Crippen molar-refractivity contribution >= 4 is 23.4 Å². The molecule has 0 unspecified atom stereocenters. The molecule has 0 spiro atoms. The highest BCUT2D eigenvalue weighted by atomic mass is 35.5. The fourth-order valence-electron chi connectivity index (χ4n) is 2.77. The maximum atomic E-state index is 13.0. The second kappa shape index (κ2) is 8.35. The molecule has 28 heavy (non-hydrogen) atoms. The van der Waals surface area contributed by atoms with Gasteiger partial charge in [-0.25, -0.2) is 13.9 Å². The smallest absolute Gasteiger partial charge is 0.343 e. The van der Waals surface area contributed by atoms with Gasteiger partial charge in [0, 0.05) is 5.56 Å². The molecule has 0 amide bonds. The minimum absolute atomic E-state index is 0.122. The van der Waals surface area contributed by atoms with Gasteiger partial charge in [-0.05, 0) is 43.7 Å². The molecule has 0 radical (unpaired) electrons. The van der Waals surface area contributed by atoms with E-state index in [4.69, 9.17) is 16.3 Å². The standard InChI is InChI=1S/C21H18ClFN2O3/c1-13-18(20(22)25(24-13)12-15-6-4-3-5-7-15)21(27)28-14(2)19(26)16-8-10-17(23)11-9-16/h3-11,14H,12H2,1-2H3/t14-/m1/s1. The SMILES string of the molecule is Cc1nn(Cc2ccccc2)c(Cl)c1C(=O)O[C@H](C)C(=O)c1ccc(F)cc1. The second-order valence-electron chi connectivity index (χ2n) is 6.31. The zero-order valence-electron chi connectivity index (χ0n) is 15.4. The molecule has 2 aromatic carbocycles. The Hall–Kier alpha value is -2.99. The number of hydrogen-bond acceptors (Lipinski definition) is 4. The average molecular weight is 401 g/mol. The summed E-state index contributed by atoms with van der Waals surface area (Å²) >= 11 is 6.34. The Morgan fingerprint density at radius 1 is 1.14 bits per heavy atom. The molecule has 0 aliphatic heterocycles. The summed E-state index contributed by atoms with van der Waals surface area (Å²) in [6, 6.07) is 14.6. The molecule has 7 heteroatoms. The number of ether oxygens (including phenoxy) is 1. The molecule has 5 nitrogen and oxygen atoms in total. The Kier molecular flexibility index (Phi) is 5.90. The third-order valence-electron chi connectivity index (χ3n) is 4.23. The molecule has 3 aromatic rings. The van der Waals surface area contributed by atoms with E-state index in [1.165, 1.54) is 35.9 Å². The molecule has 0 aliphatic rings. The van der Waals surface area contributed by atoms with E-state index >= 15 is 0 Å². The van der Waals surface area contributed by atoms with Crippen LogP contribution in [0.3, 0.4) is 0 Å². The Morgan fingerprint density at radius 2 is 1.79 bits per heavy atom. The van der Waals surface area contributed by atoms with Crippen molar-refractivity contribution in [1.82, 2.24) is 9.78 Å². The van der Waals surface area contributed by atoms with Crippen LogP contribution < -0.4 is 0 Å². The van der Waals surface area contributed by atoms with Crippen molar-refractivity contribution in [3.8, 4) is 0 Å². The molecular formula is C21H18ClFN2O3. The molecule has 0 saturated heterocycles. The second-order valence-corrected chi connectivity index (χ2v) is 6.67. The number of ketones is 1. The Morgan fingerprint density at radius 3 is 2.43 bits per heavy atom. The molecule has 0 bridgehead atoms. The van der Waals surface area contributed by atoms with Crippen molar-refractivity contribution in [3.05, 3.63) is 88.0 Å². The van der Waals surface area contributed by atoms with Crippen molar-refractivity contribution < 1.29 is 18.7 Å². The van der Waals surface area contributed by atoms with E-state index in [2.05, 4.69) is 5.10 Å². The Bertz CT molecular complexity index is 1000. The minimum atomic E-state index is -1.05. The first-order valence-electron chi connectivity index (χ1n) is 8.64. The van der Waals surface area contributed by atoms with E-state index in [-0.39, 0.29) is 16.3 Å². The van der Waals surface area contributed by atoms with E-state index < -0.39 is 23.7 Å². The van der Waals surface area contributed by atoms with Gasteiger partial charge in [0.25, 0.3) is 0 Å². The summed E-state index contributed by atoms with van der Waals surface area (Å²) in [7, 11) is 0. The molecule has 1 atom stereocenters. The summed E-state index contributed by atoms with van der Waals surface area (Å²) in [5.41, 5.74) is 1.76.